The van der Waals surface area contributed by atoms with E-state index in [0.717, 1.165) is 34.2 Å². The second-order valence-electron chi connectivity index (χ2n) is 9.53. The number of benzene rings is 2. The summed E-state index contributed by atoms with van der Waals surface area (Å²) in [6.45, 7) is 3.99. The topological polar surface area (TPSA) is 105 Å². The molecular formula is C28H32N2O5. The van der Waals surface area contributed by atoms with Gasteiger partial charge in [0.05, 0.1) is 5.92 Å². The summed E-state index contributed by atoms with van der Waals surface area (Å²) in [5.41, 5.74) is 5.52. The molecule has 0 spiro atoms. The molecule has 0 aromatic heterocycles. The molecule has 0 heterocycles. The van der Waals surface area contributed by atoms with Crippen molar-refractivity contribution in [3.8, 4) is 11.1 Å². The van der Waals surface area contributed by atoms with E-state index in [4.69, 9.17) is 4.74 Å². The van der Waals surface area contributed by atoms with Crippen LogP contribution in [-0.4, -0.2) is 41.8 Å². The normalized spacial score (nSPS) is 19.3. The number of allylic oxidation sites excluding steroid dienone is 1. The summed E-state index contributed by atoms with van der Waals surface area (Å²) in [6, 6.07) is 14.9. The van der Waals surface area contributed by atoms with Gasteiger partial charge >= 0.3 is 12.1 Å². The molecule has 2 amide bonds. The Hall–Kier alpha value is -3.61. The molecule has 2 aromatic carbocycles. The van der Waals surface area contributed by atoms with Gasteiger partial charge in [0.1, 0.15) is 12.6 Å². The third kappa shape index (κ3) is 5.56. The lowest BCUT2D eigenvalue weighted by atomic mass is 9.98. The molecule has 0 bridgehead atoms. The fraction of sp³-hybridized carbons (Fsp3) is 0.393. The number of amides is 2. The number of carbonyl (C=O) groups excluding carboxylic acids is 2. The van der Waals surface area contributed by atoms with Crippen LogP contribution in [0.5, 0.6) is 0 Å². The maximum Gasteiger partial charge on any atom is 0.407 e. The first-order chi connectivity index (χ1) is 16.8. The molecule has 7 nitrogen and oxygen atoms in total. The van der Waals surface area contributed by atoms with Crippen molar-refractivity contribution < 1.29 is 24.2 Å². The predicted octanol–water partition coefficient (Wildman–Crippen LogP) is 4.62. The van der Waals surface area contributed by atoms with Crippen molar-refractivity contribution in [2.75, 3.05) is 6.61 Å². The Morgan fingerprint density at radius 1 is 1.03 bits per heavy atom. The number of hydrogen-bond donors (Lipinski definition) is 3. The predicted molar refractivity (Wildman–Crippen MR) is 133 cm³/mol. The minimum absolute atomic E-state index is 0.0759. The molecule has 0 saturated heterocycles. The largest absolute Gasteiger partial charge is 0.481 e. The lowest BCUT2D eigenvalue weighted by Gasteiger charge is -2.23. The molecule has 2 aliphatic rings. The van der Waals surface area contributed by atoms with Gasteiger partial charge in [0, 0.05) is 12.0 Å². The highest BCUT2D eigenvalue weighted by Crippen LogP contribution is 2.44. The number of carboxylic acids is 1. The minimum atomic E-state index is -0.904. The molecule has 7 heteroatoms. The Morgan fingerprint density at radius 3 is 2.26 bits per heavy atom. The van der Waals surface area contributed by atoms with Gasteiger partial charge in [-0.15, -0.1) is 0 Å². The fourth-order valence-electron chi connectivity index (χ4n) is 5.08. The third-order valence-corrected chi connectivity index (χ3v) is 6.87. The van der Waals surface area contributed by atoms with Gasteiger partial charge in [-0.3, -0.25) is 9.59 Å². The molecule has 2 aromatic rings. The van der Waals surface area contributed by atoms with Gasteiger partial charge in [-0.05, 0) is 55.4 Å². The van der Waals surface area contributed by atoms with Crippen LogP contribution in [0.4, 0.5) is 4.79 Å². The Kier molecular flexibility index (Phi) is 7.54. The van der Waals surface area contributed by atoms with Crippen molar-refractivity contribution in [3.05, 3.63) is 71.3 Å². The SMILES string of the molecule is CC(C)=CCC(NC(=O)OCC1c2ccccc2-c2ccccc21)C(=O)NC1CCCC1C(=O)O. The lowest BCUT2D eigenvalue weighted by molar-refractivity contribution is -0.142. The van der Waals surface area contributed by atoms with E-state index >= 15 is 0 Å². The van der Waals surface area contributed by atoms with Crippen molar-refractivity contribution in [2.45, 2.75) is 57.5 Å². The first-order valence-electron chi connectivity index (χ1n) is 12.1. The molecule has 0 aliphatic heterocycles. The first-order valence-corrected chi connectivity index (χ1v) is 12.1. The molecule has 35 heavy (non-hydrogen) atoms. The molecule has 184 valence electrons. The maximum atomic E-state index is 13.0. The van der Waals surface area contributed by atoms with Crippen LogP contribution in [0, 0.1) is 5.92 Å². The Labute approximate surface area is 205 Å². The number of rotatable bonds is 8. The van der Waals surface area contributed by atoms with Crippen LogP contribution in [-0.2, 0) is 14.3 Å². The van der Waals surface area contributed by atoms with Crippen molar-refractivity contribution in [1.29, 1.82) is 0 Å². The molecule has 0 radical (unpaired) electrons. The number of hydrogen-bond acceptors (Lipinski definition) is 4. The summed E-state index contributed by atoms with van der Waals surface area (Å²) < 4.78 is 5.61. The minimum Gasteiger partial charge on any atom is -0.481 e. The molecule has 3 unspecified atom stereocenters. The van der Waals surface area contributed by atoms with E-state index in [1.165, 1.54) is 0 Å². The van der Waals surface area contributed by atoms with Crippen LogP contribution >= 0.6 is 0 Å². The van der Waals surface area contributed by atoms with Crippen molar-refractivity contribution in [3.63, 3.8) is 0 Å². The zero-order valence-corrected chi connectivity index (χ0v) is 20.1. The molecule has 4 rings (SSSR count). The smallest absolute Gasteiger partial charge is 0.407 e. The zero-order chi connectivity index (χ0) is 24.9. The summed E-state index contributed by atoms with van der Waals surface area (Å²) in [5, 5.41) is 15.0. The van der Waals surface area contributed by atoms with E-state index in [9.17, 15) is 19.5 Å². The van der Waals surface area contributed by atoms with Crippen LogP contribution in [0.2, 0.25) is 0 Å². The summed E-state index contributed by atoms with van der Waals surface area (Å²) in [6.07, 6.45) is 3.40. The molecule has 1 saturated carbocycles. The average Bonchev–Trinajstić information content (AvgIpc) is 3.43. The quantitative estimate of drug-likeness (QED) is 0.482. The van der Waals surface area contributed by atoms with E-state index in [1.54, 1.807) is 0 Å². The fourth-order valence-corrected chi connectivity index (χ4v) is 5.08. The second-order valence-corrected chi connectivity index (χ2v) is 9.53. The number of carbonyl (C=O) groups is 3. The number of alkyl carbamates (subject to hydrolysis) is 1. The number of nitrogens with one attached hydrogen (secondary N) is 2. The Morgan fingerprint density at radius 2 is 1.66 bits per heavy atom. The van der Waals surface area contributed by atoms with Crippen LogP contribution in [0.25, 0.3) is 11.1 Å². The van der Waals surface area contributed by atoms with Crippen molar-refractivity contribution in [2.24, 2.45) is 5.92 Å². The second kappa shape index (κ2) is 10.8. The van der Waals surface area contributed by atoms with Gasteiger partial charge in [0.2, 0.25) is 5.91 Å². The van der Waals surface area contributed by atoms with E-state index in [0.29, 0.717) is 19.3 Å². The summed E-state index contributed by atoms with van der Waals surface area (Å²) in [4.78, 5) is 37.3. The monoisotopic (exact) mass is 476 g/mol. The highest BCUT2D eigenvalue weighted by molar-refractivity contribution is 5.87. The van der Waals surface area contributed by atoms with Crippen LogP contribution in [0.3, 0.4) is 0 Å². The van der Waals surface area contributed by atoms with Gasteiger partial charge in [0.15, 0.2) is 0 Å². The van der Waals surface area contributed by atoms with Crippen molar-refractivity contribution in [1.82, 2.24) is 10.6 Å². The molecule has 1 fully saturated rings. The molecule has 2 aliphatic carbocycles. The molecule has 3 N–H and O–H groups in total. The number of ether oxygens (including phenoxy) is 1. The first kappa shape index (κ1) is 24.5. The highest BCUT2D eigenvalue weighted by Gasteiger charge is 2.35. The third-order valence-electron chi connectivity index (χ3n) is 6.87. The van der Waals surface area contributed by atoms with E-state index < -0.39 is 36.0 Å². The van der Waals surface area contributed by atoms with Crippen LogP contribution < -0.4 is 10.6 Å². The van der Waals surface area contributed by atoms with Crippen LogP contribution in [0.1, 0.15) is 56.6 Å². The highest BCUT2D eigenvalue weighted by atomic mass is 16.5. The molecule has 3 atom stereocenters. The number of carboxylic acid groups (broad SMARTS) is 1. The van der Waals surface area contributed by atoms with Gasteiger partial charge in [-0.2, -0.15) is 0 Å². The van der Waals surface area contributed by atoms with Gasteiger partial charge < -0.3 is 20.5 Å². The summed E-state index contributed by atoms with van der Waals surface area (Å²) in [7, 11) is 0. The van der Waals surface area contributed by atoms with Crippen LogP contribution in [0.15, 0.2) is 60.2 Å². The van der Waals surface area contributed by atoms with Gasteiger partial charge in [0.25, 0.3) is 0 Å². The molecular weight excluding hydrogens is 444 g/mol. The summed E-state index contributed by atoms with van der Waals surface area (Å²) >= 11 is 0. The Balaban J connectivity index is 1.42. The van der Waals surface area contributed by atoms with E-state index in [1.807, 2.05) is 56.3 Å². The maximum absolute atomic E-state index is 13.0. The number of fused-ring (bicyclic) bond motifs is 3. The van der Waals surface area contributed by atoms with Crippen molar-refractivity contribution >= 4 is 18.0 Å². The van der Waals surface area contributed by atoms with Gasteiger partial charge in [-0.1, -0.05) is 66.6 Å². The van der Waals surface area contributed by atoms with E-state index in [2.05, 4.69) is 22.8 Å². The number of aliphatic carboxylic acids is 1. The lowest BCUT2D eigenvalue weighted by Crippen LogP contribution is -2.51. The van der Waals surface area contributed by atoms with E-state index in [-0.39, 0.29) is 12.5 Å². The zero-order valence-electron chi connectivity index (χ0n) is 20.1. The Bertz CT molecular complexity index is 1090. The standard InChI is InChI=1S/C28H32N2O5/c1-17(2)14-15-25(26(31)29-24-13-7-12-22(24)27(32)33)30-28(34)35-16-23-20-10-5-3-8-18(20)19-9-4-6-11-21(19)23/h3-6,8-11,14,22-25H,7,12-13,15-16H2,1-2H3,(H,29,31)(H,30,34)(H,32,33). The average molecular weight is 477 g/mol. The van der Waals surface area contributed by atoms with Gasteiger partial charge in [-0.25, -0.2) is 4.79 Å². The summed E-state index contributed by atoms with van der Waals surface area (Å²) in [5.74, 6) is -1.97.